The third-order valence-corrected chi connectivity index (χ3v) is 7.15. The molecule has 7 nitrogen and oxygen atoms in total. The summed E-state index contributed by atoms with van der Waals surface area (Å²) in [7, 11) is -3.47. The van der Waals surface area contributed by atoms with Crippen LogP contribution in [0.5, 0.6) is 0 Å². The van der Waals surface area contributed by atoms with Gasteiger partial charge in [-0.1, -0.05) is 44.2 Å². The van der Waals surface area contributed by atoms with Gasteiger partial charge in [-0.15, -0.1) is 0 Å². The van der Waals surface area contributed by atoms with Crippen molar-refractivity contribution in [1.29, 1.82) is 0 Å². The van der Waals surface area contributed by atoms with E-state index in [0.29, 0.717) is 19.6 Å². The number of hydrogen-bond acceptors (Lipinski definition) is 5. The van der Waals surface area contributed by atoms with Gasteiger partial charge >= 0.3 is 0 Å². The normalized spacial score (nSPS) is 15.0. The lowest BCUT2D eigenvalue weighted by Crippen LogP contribution is -2.48. The van der Waals surface area contributed by atoms with Crippen LogP contribution in [-0.4, -0.2) is 61.2 Å². The molecule has 31 heavy (non-hydrogen) atoms. The molecule has 3 rings (SSSR count). The summed E-state index contributed by atoms with van der Waals surface area (Å²) in [6.45, 7) is 9.29. The number of hydrogen-bond donors (Lipinski definition) is 0. The molecule has 1 saturated heterocycles. The number of carbonyl (C=O) groups excluding carboxylic acids is 1. The van der Waals surface area contributed by atoms with E-state index in [1.807, 2.05) is 61.2 Å². The van der Waals surface area contributed by atoms with E-state index in [1.54, 1.807) is 13.1 Å². The summed E-state index contributed by atoms with van der Waals surface area (Å²) in [5, 5.41) is 0. The molecule has 0 bridgehead atoms. The minimum atomic E-state index is -3.47. The molecule has 0 atom stereocenters. The van der Waals surface area contributed by atoms with Gasteiger partial charge in [0.15, 0.2) is 0 Å². The lowest BCUT2D eigenvalue weighted by atomic mass is 10.2. The van der Waals surface area contributed by atoms with Gasteiger partial charge in [0, 0.05) is 39.6 Å². The first kappa shape index (κ1) is 23.2. The first-order valence-electron chi connectivity index (χ1n) is 10.7. The fourth-order valence-corrected chi connectivity index (χ4v) is 5.37. The van der Waals surface area contributed by atoms with E-state index < -0.39 is 10.0 Å². The molecule has 2 heterocycles. The number of pyridine rings is 1. The Hall–Kier alpha value is -2.45. The molecule has 1 aliphatic heterocycles. The molecule has 0 aliphatic carbocycles. The molecule has 0 radical (unpaired) electrons. The van der Waals surface area contributed by atoms with Gasteiger partial charge in [0.2, 0.25) is 15.9 Å². The molecule has 2 aromatic rings. The minimum Gasteiger partial charge on any atom is -0.367 e. The van der Waals surface area contributed by atoms with Crippen LogP contribution in [0.15, 0.2) is 48.7 Å². The molecule has 0 spiro atoms. The van der Waals surface area contributed by atoms with Crippen LogP contribution in [0.2, 0.25) is 0 Å². The zero-order valence-electron chi connectivity index (χ0n) is 18.6. The summed E-state index contributed by atoms with van der Waals surface area (Å²) < 4.78 is 27.7. The maximum absolute atomic E-state index is 13.1. The summed E-state index contributed by atoms with van der Waals surface area (Å²) in [5.74, 6) is 0.302. The summed E-state index contributed by atoms with van der Waals surface area (Å²) in [5.41, 5.74) is 2.50. The second-order valence-corrected chi connectivity index (χ2v) is 10.4. The fourth-order valence-electron chi connectivity index (χ4n) is 3.72. The van der Waals surface area contributed by atoms with Crippen molar-refractivity contribution in [3.63, 3.8) is 0 Å². The minimum absolute atomic E-state index is 0.0148. The zero-order valence-corrected chi connectivity index (χ0v) is 19.4. The Morgan fingerprint density at radius 1 is 1.06 bits per heavy atom. The molecule has 0 N–H and O–H groups in total. The Kier molecular flexibility index (Phi) is 7.67. The number of nitrogens with zero attached hydrogens (tertiary/aromatic N) is 4. The van der Waals surface area contributed by atoms with E-state index in [4.69, 9.17) is 0 Å². The van der Waals surface area contributed by atoms with E-state index >= 15 is 0 Å². The third-order valence-electron chi connectivity index (χ3n) is 5.39. The predicted molar refractivity (Wildman–Crippen MR) is 123 cm³/mol. The SMILES string of the molecule is CC(=O)N1CCN(c2ccc(CN(CC(C)C)S(=O)(=O)Cc3ccccc3)nc2)CC1. The second-order valence-electron chi connectivity index (χ2n) is 8.43. The molecule has 1 amide bonds. The highest BCUT2D eigenvalue weighted by Crippen LogP contribution is 2.19. The Morgan fingerprint density at radius 3 is 2.29 bits per heavy atom. The highest BCUT2D eigenvalue weighted by Gasteiger charge is 2.24. The number of benzene rings is 1. The van der Waals surface area contributed by atoms with Crippen molar-refractivity contribution in [3.05, 3.63) is 59.9 Å². The molecule has 1 aliphatic rings. The van der Waals surface area contributed by atoms with Crippen molar-refractivity contribution in [3.8, 4) is 0 Å². The van der Waals surface area contributed by atoms with Crippen molar-refractivity contribution in [2.75, 3.05) is 37.6 Å². The number of anilines is 1. The van der Waals surface area contributed by atoms with Crippen LogP contribution in [0.4, 0.5) is 5.69 Å². The number of piperazine rings is 1. The molecule has 1 aromatic carbocycles. The average molecular weight is 445 g/mol. The van der Waals surface area contributed by atoms with Crippen molar-refractivity contribution in [1.82, 2.24) is 14.2 Å². The van der Waals surface area contributed by atoms with Gasteiger partial charge in [0.1, 0.15) is 0 Å². The second kappa shape index (κ2) is 10.2. The van der Waals surface area contributed by atoms with Crippen molar-refractivity contribution >= 4 is 21.6 Å². The van der Waals surface area contributed by atoms with Crippen molar-refractivity contribution in [2.24, 2.45) is 5.92 Å². The summed E-state index contributed by atoms with van der Waals surface area (Å²) >= 11 is 0. The third kappa shape index (κ3) is 6.51. The first-order valence-corrected chi connectivity index (χ1v) is 12.3. The zero-order chi connectivity index (χ0) is 22.4. The highest BCUT2D eigenvalue weighted by atomic mass is 32.2. The van der Waals surface area contributed by atoms with Crippen LogP contribution in [-0.2, 0) is 27.1 Å². The summed E-state index contributed by atoms with van der Waals surface area (Å²) in [6.07, 6.45) is 1.80. The van der Waals surface area contributed by atoms with Crippen LogP contribution >= 0.6 is 0 Å². The Balaban J connectivity index is 1.68. The van der Waals surface area contributed by atoms with Gasteiger partial charge < -0.3 is 9.80 Å². The number of rotatable bonds is 8. The quantitative estimate of drug-likeness (QED) is 0.626. The van der Waals surface area contributed by atoms with Crippen molar-refractivity contribution < 1.29 is 13.2 Å². The van der Waals surface area contributed by atoms with Gasteiger partial charge in [0.05, 0.1) is 29.9 Å². The maximum Gasteiger partial charge on any atom is 0.219 e. The monoisotopic (exact) mass is 444 g/mol. The molecule has 0 saturated carbocycles. The standard InChI is InChI=1S/C23H32N4O3S/c1-19(2)16-27(31(29,30)18-21-7-5-4-6-8-21)17-22-9-10-23(15-24-22)26-13-11-25(12-14-26)20(3)28/h4-10,15,19H,11-14,16-18H2,1-3H3. The molecule has 168 valence electrons. The number of carbonyl (C=O) groups is 1. The molecule has 8 heteroatoms. The van der Waals surface area contributed by atoms with Gasteiger partial charge in [-0.2, -0.15) is 4.31 Å². The van der Waals surface area contributed by atoms with Gasteiger partial charge in [0.25, 0.3) is 0 Å². The van der Waals surface area contributed by atoms with Gasteiger partial charge in [-0.3, -0.25) is 9.78 Å². The first-order chi connectivity index (χ1) is 14.7. The number of sulfonamides is 1. The van der Waals surface area contributed by atoms with Crippen molar-refractivity contribution in [2.45, 2.75) is 33.1 Å². The molecule has 1 fully saturated rings. The van der Waals surface area contributed by atoms with E-state index in [1.165, 1.54) is 4.31 Å². The lowest BCUT2D eigenvalue weighted by molar-refractivity contribution is -0.129. The van der Waals surface area contributed by atoms with Crippen LogP contribution in [0.25, 0.3) is 0 Å². The summed E-state index contributed by atoms with van der Waals surface area (Å²) in [6, 6.07) is 13.2. The molecular formula is C23H32N4O3S. The number of aromatic nitrogens is 1. The van der Waals surface area contributed by atoms with Crippen LogP contribution in [0, 0.1) is 5.92 Å². The number of amides is 1. The Labute approximate surface area is 185 Å². The topological polar surface area (TPSA) is 73.8 Å². The Morgan fingerprint density at radius 2 is 1.74 bits per heavy atom. The highest BCUT2D eigenvalue weighted by molar-refractivity contribution is 7.88. The largest absolute Gasteiger partial charge is 0.367 e. The van der Waals surface area contributed by atoms with E-state index in [-0.39, 0.29) is 24.1 Å². The maximum atomic E-state index is 13.1. The molecule has 0 unspecified atom stereocenters. The van der Waals surface area contributed by atoms with E-state index in [9.17, 15) is 13.2 Å². The Bertz CT molecular complexity index is 954. The molecular weight excluding hydrogens is 412 g/mol. The van der Waals surface area contributed by atoms with Gasteiger partial charge in [-0.25, -0.2) is 8.42 Å². The lowest BCUT2D eigenvalue weighted by Gasteiger charge is -2.35. The molecule has 1 aromatic heterocycles. The smallest absolute Gasteiger partial charge is 0.219 e. The van der Waals surface area contributed by atoms with Gasteiger partial charge in [-0.05, 0) is 23.6 Å². The van der Waals surface area contributed by atoms with E-state index in [2.05, 4.69) is 9.88 Å². The van der Waals surface area contributed by atoms with Crippen LogP contribution in [0.1, 0.15) is 32.0 Å². The predicted octanol–water partition coefficient (Wildman–Crippen LogP) is 2.74. The average Bonchev–Trinajstić information content (AvgIpc) is 2.74. The summed E-state index contributed by atoms with van der Waals surface area (Å²) in [4.78, 5) is 20.1. The van der Waals surface area contributed by atoms with E-state index in [0.717, 1.165) is 30.0 Å². The van der Waals surface area contributed by atoms with Crippen LogP contribution in [0.3, 0.4) is 0 Å². The van der Waals surface area contributed by atoms with Crippen LogP contribution < -0.4 is 4.90 Å². The fraction of sp³-hybridized carbons (Fsp3) is 0.478.